The van der Waals surface area contributed by atoms with Crippen molar-refractivity contribution in [2.45, 2.75) is 33.8 Å². The molecule has 0 saturated carbocycles. The molecule has 1 unspecified atom stereocenters. The van der Waals surface area contributed by atoms with Crippen molar-refractivity contribution in [1.29, 1.82) is 0 Å². The molecular weight excluding hydrogens is 272 g/mol. The standard InChI is InChI=1S/C15H18N2O2S/c1-8-5-9(2)13(10(3)6-8)14(19)17-15-16-12(7-20-15)11(4)18/h5-7,11,18H,1-4H3,(H,16,17,19). The van der Waals surface area contributed by atoms with Gasteiger partial charge in [-0.05, 0) is 38.8 Å². The number of benzene rings is 1. The molecule has 4 nitrogen and oxygen atoms in total. The molecule has 0 spiro atoms. The highest BCUT2D eigenvalue weighted by atomic mass is 32.1. The highest BCUT2D eigenvalue weighted by Crippen LogP contribution is 2.22. The smallest absolute Gasteiger partial charge is 0.257 e. The van der Waals surface area contributed by atoms with Crippen molar-refractivity contribution in [2.24, 2.45) is 0 Å². The molecule has 1 aromatic carbocycles. The number of aromatic nitrogens is 1. The minimum atomic E-state index is -0.625. The zero-order chi connectivity index (χ0) is 14.9. The summed E-state index contributed by atoms with van der Waals surface area (Å²) in [7, 11) is 0. The van der Waals surface area contributed by atoms with Gasteiger partial charge in [0.2, 0.25) is 0 Å². The van der Waals surface area contributed by atoms with Crippen molar-refractivity contribution in [1.82, 2.24) is 4.98 Å². The quantitative estimate of drug-likeness (QED) is 0.911. The number of aliphatic hydroxyl groups is 1. The van der Waals surface area contributed by atoms with Crippen LogP contribution in [0.1, 0.15) is 45.8 Å². The van der Waals surface area contributed by atoms with Gasteiger partial charge in [-0.2, -0.15) is 0 Å². The van der Waals surface area contributed by atoms with Crippen molar-refractivity contribution in [3.8, 4) is 0 Å². The molecule has 0 bridgehead atoms. The van der Waals surface area contributed by atoms with Gasteiger partial charge in [-0.25, -0.2) is 4.98 Å². The fourth-order valence-electron chi connectivity index (χ4n) is 2.23. The summed E-state index contributed by atoms with van der Waals surface area (Å²) < 4.78 is 0. The van der Waals surface area contributed by atoms with Gasteiger partial charge in [0.15, 0.2) is 5.13 Å². The van der Waals surface area contributed by atoms with Gasteiger partial charge in [0.1, 0.15) is 0 Å². The lowest BCUT2D eigenvalue weighted by Gasteiger charge is -2.10. The normalized spacial score (nSPS) is 12.2. The van der Waals surface area contributed by atoms with Crippen LogP contribution < -0.4 is 5.32 Å². The Morgan fingerprint density at radius 3 is 2.40 bits per heavy atom. The van der Waals surface area contributed by atoms with Crippen molar-refractivity contribution in [3.05, 3.63) is 45.5 Å². The van der Waals surface area contributed by atoms with Crippen LogP contribution in [-0.2, 0) is 0 Å². The summed E-state index contributed by atoms with van der Waals surface area (Å²) in [6, 6.07) is 3.98. The van der Waals surface area contributed by atoms with Crippen molar-refractivity contribution < 1.29 is 9.90 Å². The molecule has 106 valence electrons. The number of nitrogens with one attached hydrogen (secondary N) is 1. The largest absolute Gasteiger partial charge is 0.387 e. The van der Waals surface area contributed by atoms with Crippen molar-refractivity contribution >= 4 is 22.4 Å². The van der Waals surface area contributed by atoms with Crippen LogP contribution in [0.15, 0.2) is 17.5 Å². The number of aliphatic hydroxyl groups excluding tert-OH is 1. The SMILES string of the molecule is Cc1cc(C)c(C(=O)Nc2nc(C(C)O)cs2)c(C)c1. The molecule has 5 heteroatoms. The second-order valence-corrected chi connectivity index (χ2v) is 5.84. The van der Waals surface area contributed by atoms with E-state index in [4.69, 9.17) is 0 Å². The van der Waals surface area contributed by atoms with Gasteiger partial charge in [-0.15, -0.1) is 11.3 Å². The van der Waals surface area contributed by atoms with E-state index in [1.54, 1.807) is 12.3 Å². The number of aryl methyl sites for hydroxylation is 3. The van der Waals surface area contributed by atoms with E-state index in [-0.39, 0.29) is 5.91 Å². The Labute approximate surface area is 122 Å². The molecule has 1 aromatic heterocycles. The summed E-state index contributed by atoms with van der Waals surface area (Å²) in [4.78, 5) is 16.5. The number of nitrogens with zero attached hydrogens (tertiary/aromatic N) is 1. The van der Waals surface area contributed by atoms with E-state index in [0.717, 1.165) is 16.7 Å². The Hall–Kier alpha value is -1.72. The molecule has 1 heterocycles. The number of hydrogen-bond acceptors (Lipinski definition) is 4. The molecule has 2 aromatic rings. The lowest BCUT2D eigenvalue weighted by molar-refractivity contribution is 0.102. The van der Waals surface area contributed by atoms with Gasteiger partial charge in [0.25, 0.3) is 5.91 Å². The van der Waals surface area contributed by atoms with E-state index in [9.17, 15) is 9.90 Å². The fraction of sp³-hybridized carbons (Fsp3) is 0.333. The molecule has 2 rings (SSSR count). The minimum absolute atomic E-state index is 0.161. The third-order valence-electron chi connectivity index (χ3n) is 3.07. The van der Waals surface area contributed by atoms with Crippen LogP contribution >= 0.6 is 11.3 Å². The van der Waals surface area contributed by atoms with E-state index < -0.39 is 6.10 Å². The van der Waals surface area contributed by atoms with E-state index >= 15 is 0 Å². The first kappa shape index (κ1) is 14.7. The first-order valence-corrected chi connectivity index (χ1v) is 7.29. The third kappa shape index (κ3) is 3.05. The highest BCUT2D eigenvalue weighted by Gasteiger charge is 2.15. The summed E-state index contributed by atoms with van der Waals surface area (Å²) >= 11 is 1.31. The summed E-state index contributed by atoms with van der Waals surface area (Å²) in [6.07, 6.45) is -0.625. The number of carbonyl (C=O) groups excluding carboxylic acids is 1. The second-order valence-electron chi connectivity index (χ2n) is 4.98. The molecule has 0 radical (unpaired) electrons. The van der Waals surface area contributed by atoms with Crippen molar-refractivity contribution in [2.75, 3.05) is 5.32 Å². The van der Waals surface area contributed by atoms with Gasteiger partial charge in [0, 0.05) is 10.9 Å². The zero-order valence-corrected chi connectivity index (χ0v) is 12.8. The Kier molecular flexibility index (Phi) is 4.20. The molecular formula is C15H18N2O2S. The van der Waals surface area contributed by atoms with E-state index in [0.29, 0.717) is 16.4 Å². The molecule has 1 amide bonds. The summed E-state index contributed by atoms with van der Waals surface area (Å²) in [5, 5.41) is 14.5. The number of rotatable bonds is 3. The van der Waals surface area contributed by atoms with Crippen LogP contribution in [0.4, 0.5) is 5.13 Å². The monoisotopic (exact) mass is 290 g/mol. The van der Waals surface area contributed by atoms with Crippen molar-refractivity contribution in [3.63, 3.8) is 0 Å². The Balaban J connectivity index is 2.24. The summed E-state index contributed by atoms with van der Waals surface area (Å²) in [6.45, 7) is 7.52. The minimum Gasteiger partial charge on any atom is -0.387 e. The maximum atomic E-state index is 12.3. The predicted molar refractivity (Wildman–Crippen MR) is 81.4 cm³/mol. The first-order chi connectivity index (χ1) is 9.38. The van der Waals surface area contributed by atoms with Crippen LogP contribution in [0.3, 0.4) is 0 Å². The Morgan fingerprint density at radius 1 is 1.30 bits per heavy atom. The van der Waals surface area contributed by atoms with Crippen LogP contribution in [-0.4, -0.2) is 16.0 Å². The second kappa shape index (κ2) is 5.73. The topological polar surface area (TPSA) is 62.2 Å². The average molecular weight is 290 g/mol. The Bertz CT molecular complexity index is 624. The number of carbonyl (C=O) groups is 1. The lowest BCUT2D eigenvalue weighted by atomic mass is 9.99. The van der Waals surface area contributed by atoms with Crippen LogP contribution in [0.5, 0.6) is 0 Å². The molecule has 20 heavy (non-hydrogen) atoms. The fourth-order valence-corrected chi connectivity index (χ4v) is 3.03. The number of anilines is 1. The summed E-state index contributed by atoms with van der Waals surface area (Å²) in [5.74, 6) is -0.161. The highest BCUT2D eigenvalue weighted by molar-refractivity contribution is 7.14. The maximum absolute atomic E-state index is 12.3. The zero-order valence-electron chi connectivity index (χ0n) is 12.0. The van der Waals surface area contributed by atoms with Gasteiger partial charge in [-0.1, -0.05) is 17.7 Å². The van der Waals surface area contributed by atoms with E-state index in [2.05, 4.69) is 10.3 Å². The third-order valence-corrected chi connectivity index (χ3v) is 3.85. The van der Waals surface area contributed by atoms with E-state index in [1.807, 2.05) is 32.9 Å². The Morgan fingerprint density at radius 2 is 1.90 bits per heavy atom. The predicted octanol–water partition coefficient (Wildman–Crippen LogP) is 3.37. The molecule has 0 aliphatic rings. The molecule has 0 fully saturated rings. The number of thiazole rings is 1. The van der Waals surface area contributed by atoms with Gasteiger partial charge < -0.3 is 5.11 Å². The molecule has 1 atom stereocenters. The first-order valence-electron chi connectivity index (χ1n) is 6.41. The van der Waals surface area contributed by atoms with Crippen LogP contribution in [0.25, 0.3) is 0 Å². The van der Waals surface area contributed by atoms with Gasteiger partial charge >= 0.3 is 0 Å². The molecule has 0 saturated heterocycles. The van der Waals surface area contributed by atoms with E-state index in [1.165, 1.54) is 11.3 Å². The molecule has 2 N–H and O–H groups in total. The number of hydrogen-bond donors (Lipinski definition) is 2. The van der Waals surface area contributed by atoms with Crippen LogP contribution in [0.2, 0.25) is 0 Å². The molecule has 0 aliphatic carbocycles. The lowest BCUT2D eigenvalue weighted by Crippen LogP contribution is -2.15. The summed E-state index contributed by atoms with van der Waals surface area (Å²) in [5.41, 5.74) is 4.30. The average Bonchev–Trinajstić information content (AvgIpc) is 2.75. The maximum Gasteiger partial charge on any atom is 0.257 e. The number of amides is 1. The molecule has 0 aliphatic heterocycles. The van der Waals surface area contributed by atoms with Crippen LogP contribution in [0, 0.1) is 20.8 Å². The van der Waals surface area contributed by atoms with Gasteiger partial charge in [0.05, 0.1) is 11.8 Å². The van der Waals surface area contributed by atoms with Gasteiger partial charge in [-0.3, -0.25) is 10.1 Å².